The van der Waals surface area contributed by atoms with Crippen molar-refractivity contribution < 1.29 is 0 Å². The van der Waals surface area contributed by atoms with Gasteiger partial charge >= 0.3 is 0 Å². The first-order valence-corrected chi connectivity index (χ1v) is 5.89. The molecule has 0 fully saturated rings. The molecular weight excluding hydrogens is 196 g/mol. The Labute approximate surface area is 97.8 Å². The molecule has 0 radical (unpaired) electrons. The van der Waals surface area contributed by atoms with Crippen LogP contribution in [0.15, 0.2) is 23.2 Å². The Morgan fingerprint density at radius 2 is 2.00 bits per heavy atom. The summed E-state index contributed by atoms with van der Waals surface area (Å²) in [7, 11) is 1.96. The number of nitrogens with one attached hydrogen (secondary N) is 1. The lowest BCUT2D eigenvalue weighted by Crippen LogP contribution is -2.16. The van der Waals surface area contributed by atoms with E-state index in [4.69, 9.17) is 4.99 Å². The van der Waals surface area contributed by atoms with E-state index in [1.807, 2.05) is 7.05 Å². The molecule has 0 unspecified atom stereocenters. The molecule has 0 aromatic heterocycles. The maximum atomic E-state index is 4.80. The zero-order chi connectivity index (χ0) is 11.8. The Kier molecular flexibility index (Phi) is 2.75. The normalized spacial score (nSPS) is 18.4. The molecule has 0 atom stereocenters. The molecule has 0 spiro atoms. The molecule has 86 valence electrons. The van der Waals surface area contributed by atoms with Gasteiger partial charge in [0.05, 0.1) is 5.54 Å². The van der Waals surface area contributed by atoms with Gasteiger partial charge in [-0.3, -0.25) is 4.99 Å². The number of nitrogens with zero attached hydrogens (tertiary/aromatic N) is 1. The molecule has 0 amide bonds. The fourth-order valence-electron chi connectivity index (χ4n) is 2.46. The number of anilines is 1. The maximum absolute atomic E-state index is 4.80. The van der Waals surface area contributed by atoms with Crippen LogP contribution in [0, 0.1) is 0 Å². The number of aryl methyl sites for hydroxylation is 1. The van der Waals surface area contributed by atoms with Crippen LogP contribution in [-0.2, 0) is 12.0 Å². The van der Waals surface area contributed by atoms with Crippen LogP contribution in [0.25, 0.3) is 0 Å². The van der Waals surface area contributed by atoms with Gasteiger partial charge in [-0.2, -0.15) is 0 Å². The fraction of sp³-hybridized carbons (Fsp3) is 0.500. The number of benzene rings is 1. The minimum atomic E-state index is -0.0812. The van der Waals surface area contributed by atoms with Gasteiger partial charge in [-0.25, -0.2) is 0 Å². The minimum Gasteiger partial charge on any atom is -0.388 e. The molecule has 1 aliphatic rings. The van der Waals surface area contributed by atoms with Crippen LogP contribution in [0.1, 0.15) is 38.3 Å². The summed E-state index contributed by atoms with van der Waals surface area (Å²) in [6, 6.07) is 6.60. The second-order valence-electron chi connectivity index (χ2n) is 5.03. The van der Waals surface area contributed by atoms with E-state index in [0.717, 1.165) is 12.8 Å². The zero-order valence-corrected chi connectivity index (χ0v) is 10.6. The van der Waals surface area contributed by atoms with Crippen molar-refractivity contribution in [3.63, 3.8) is 0 Å². The first-order valence-electron chi connectivity index (χ1n) is 5.89. The van der Waals surface area contributed by atoms with Gasteiger partial charge < -0.3 is 5.32 Å². The molecule has 0 aliphatic carbocycles. The summed E-state index contributed by atoms with van der Waals surface area (Å²) in [5.74, 6) is 0. The highest BCUT2D eigenvalue weighted by Gasteiger charge is 2.25. The summed E-state index contributed by atoms with van der Waals surface area (Å²) < 4.78 is 0. The highest BCUT2D eigenvalue weighted by atomic mass is 14.9. The topological polar surface area (TPSA) is 24.4 Å². The molecule has 1 aromatic rings. The van der Waals surface area contributed by atoms with Crippen LogP contribution in [0.5, 0.6) is 0 Å². The van der Waals surface area contributed by atoms with Crippen molar-refractivity contribution in [1.82, 2.24) is 0 Å². The van der Waals surface area contributed by atoms with Crippen molar-refractivity contribution in [1.29, 1.82) is 0 Å². The van der Waals surface area contributed by atoms with Crippen molar-refractivity contribution >= 4 is 11.4 Å². The largest absolute Gasteiger partial charge is 0.388 e. The number of rotatable bonds is 1. The number of hydrogen-bond acceptors (Lipinski definition) is 2. The van der Waals surface area contributed by atoms with Gasteiger partial charge in [-0.1, -0.05) is 6.07 Å². The molecular formula is C14H20N2. The molecule has 1 heterocycles. The summed E-state index contributed by atoms with van der Waals surface area (Å²) in [5, 5.41) is 3.20. The predicted octanol–water partition coefficient (Wildman–Crippen LogP) is 3.37. The minimum absolute atomic E-state index is 0.0812. The van der Waals surface area contributed by atoms with E-state index in [1.165, 1.54) is 22.5 Å². The van der Waals surface area contributed by atoms with Crippen LogP contribution in [0.3, 0.4) is 0 Å². The van der Waals surface area contributed by atoms with Gasteiger partial charge in [0.1, 0.15) is 0 Å². The lowest BCUT2D eigenvalue weighted by atomic mass is 9.89. The fourth-order valence-corrected chi connectivity index (χ4v) is 2.46. The van der Waals surface area contributed by atoms with E-state index in [2.05, 4.69) is 44.3 Å². The summed E-state index contributed by atoms with van der Waals surface area (Å²) in [5.41, 5.74) is 5.16. The molecule has 2 nitrogen and oxygen atoms in total. The molecule has 1 aromatic carbocycles. The van der Waals surface area contributed by atoms with Gasteiger partial charge in [0.2, 0.25) is 0 Å². The van der Waals surface area contributed by atoms with Gasteiger partial charge in [0.25, 0.3) is 0 Å². The lowest BCUT2D eigenvalue weighted by Gasteiger charge is -2.22. The van der Waals surface area contributed by atoms with E-state index < -0.39 is 0 Å². The Morgan fingerprint density at radius 3 is 2.69 bits per heavy atom. The molecule has 1 N–H and O–H groups in total. The second-order valence-corrected chi connectivity index (χ2v) is 5.03. The van der Waals surface area contributed by atoms with Crippen molar-refractivity contribution in [3.8, 4) is 0 Å². The Morgan fingerprint density at radius 1 is 1.25 bits per heavy atom. The quantitative estimate of drug-likeness (QED) is 0.764. The van der Waals surface area contributed by atoms with Crippen LogP contribution in [0.2, 0.25) is 0 Å². The highest BCUT2D eigenvalue weighted by molar-refractivity contribution is 5.83. The molecule has 0 bridgehead atoms. The maximum Gasteiger partial charge on any atom is 0.0802 e. The van der Waals surface area contributed by atoms with E-state index in [0.29, 0.717) is 0 Å². The number of fused-ring (bicyclic) bond motifs is 1. The van der Waals surface area contributed by atoms with Gasteiger partial charge in [0.15, 0.2) is 0 Å². The third-order valence-corrected chi connectivity index (χ3v) is 3.28. The molecule has 2 heteroatoms. The van der Waals surface area contributed by atoms with Gasteiger partial charge in [-0.15, -0.1) is 0 Å². The van der Waals surface area contributed by atoms with Crippen LogP contribution >= 0.6 is 0 Å². The lowest BCUT2D eigenvalue weighted by molar-refractivity contribution is 0.557. The number of aliphatic imine (C=N–C) groups is 1. The van der Waals surface area contributed by atoms with Crippen molar-refractivity contribution in [3.05, 3.63) is 29.3 Å². The van der Waals surface area contributed by atoms with Gasteiger partial charge in [-0.05, 0) is 56.9 Å². The van der Waals surface area contributed by atoms with Crippen molar-refractivity contribution in [2.24, 2.45) is 4.99 Å². The average Bonchev–Trinajstić information content (AvgIpc) is 2.35. The van der Waals surface area contributed by atoms with Crippen molar-refractivity contribution in [2.75, 3.05) is 12.4 Å². The SMILES string of the molecule is CNc1ccc2c(c1)CCC(C)=NC2(C)C. The van der Waals surface area contributed by atoms with E-state index in [1.54, 1.807) is 0 Å². The summed E-state index contributed by atoms with van der Waals surface area (Å²) in [6.45, 7) is 6.52. The average molecular weight is 216 g/mol. The zero-order valence-electron chi connectivity index (χ0n) is 10.6. The molecule has 0 saturated carbocycles. The monoisotopic (exact) mass is 216 g/mol. The molecule has 2 rings (SSSR count). The Bertz CT molecular complexity index is 430. The molecule has 0 saturated heterocycles. The Hall–Kier alpha value is -1.31. The molecule has 1 aliphatic heterocycles. The van der Waals surface area contributed by atoms with Crippen molar-refractivity contribution in [2.45, 2.75) is 39.2 Å². The summed E-state index contributed by atoms with van der Waals surface area (Å²) >= 11 is 0. The smallest absolute Gasteiger partial charge is 0.0802 e. The third kappa shape index (κ3) is 1.97. The van der Waals surface area contributed by atoms with Crippen LogP contribution in [-0.4, -0.2) is 12.8 Å². The first kappa shape index (κ1) is 11.2. The predicted molar refractivity (Wildman–Crippen MR) is 70.4 cm³/mol. The first-order chi connectivity index (χ1) is 7.53. The van der Waals surface area contributed by atoms with Crippen LogP contribution < -0.4 is 5.32 Å². The molecule has 16 heavy (non-hydrogen) atoms. The summed E-state index contributed by atoms with van der Waals surface area (Å²) in [4.78, 5) is 4.80. The Balaban J connectivity index is 2.52. The summed E-state index contributed by atoms with van der Waals surface area (Å²) in [6.07, 6.45) is 2.17. The second kappa shape index (κ2) is 3.93. The standard InChI is InChI=1S/C14H20N2/c1-10-5-6-11-9-12(15-4)7-8-13(11)14(2,3)16-10/h7-9,15H,5-6H2,1-4H3. The van der Waals surface area contributed by atoms with Crippen LogP contribution in [0.4, 0.5) is 5.69 Å². The van der Waals surface area contributed by atoms with E-state index >= 15 is 0 Å². The van der Waals surface area contributed by atoms with E-state index in [9.17, 15) is 0 Å². The number of hydrogen-bond donors (Lipinski definition) is 1. The highest BCUT2D eigenvalue weighted by Crippen LogP contribution is 2.33. The van der Waals surface area contributed by atoms with Gasteiger partial charge in [0, 0.05) is 18.4 Å². The third-order valence-electron chi connectivity index (χ3n) is 3.28. The van der Waals surface area contributed by atoms with E-state index in [-0.39, 0.29) is 5.54 Å².